The van der Waals surface area contributed by atoms with Gasteiger partial charge in [-0.1, -0.05) is 30.3 Å². The fourth-order valence-electron chi connectivity index (χ4n) is 3.83. The molecule has 1 saturated heterocycles. The number of aromatic nitrogens is 1. The maximum absolute atomic E-state index is 13.4. The summed E-state index contributed by atoms with van der Waals surface area (Å²) in [7, 11) is -0.163. The molecule has 3 aromatic rings. The second-order valence-corrected chi connectivity index (χ2v) is 8.58. The van der Waals surface area contributed by atoms with Crippen molar-refractivity contribution in [1.82, 2.24) is 8.87 Å². The minimum Gasteiger partial charge on any atom is -0.495 e. The van der Waals surface area contributed by atoms with Gasteiger partial charge in [0.25, 0.3) is 10.0 Å². The molecule has 0 bridgehead atoms. The Morgan fingerprint density at radius 3 is 2.54 bits per heavy atom. The molecule has 1 atom stereocenters. The van der Waals surface area contributed by atoms with Gasteiger partial charge < -0.3 is 9.64 Å². The Labute approximate surface area is 153 Å². The van der Waals surface area contributed by atoms with Crippen molar-refractivity contribution in [1.29, 1.82) is 0 Å². The lowest BCUT2D eigenvalue weighted by atomic mass is 9.98. The Kier molecular flexibility index (Phi) is 4.25. The van der Waals surface area contributed by atoms with Crippen molar-refractivity contribution < 1.29 is 13.2 Å². The van der Waals surface area contributed by atoms with E-state index in [-0.39, 0.29) is 4.90 Å². The third kappa shape index (κ3) is 2.70. The molecule has 0 N–H and O–H groups in total. The number of hydrogen-bond donors (Lipinski definition) is 0. The van der Waals surface area contributed by atoms with Crippen LogP contribution in [0.5, 0.6) is 5.75 Å². The van der Waals surface area contributed by atoms with E-state index in [0.29, 0.717) is 17.2 Å². The number of rotatable bonds is 4. The Hall–Kier alpha value is -2.31. The highest BCUT2D eigenvalue weighted by Crippen LogP contribution is 2.36. The molecule has 1 aliphatic heterocycles. The maximum Gasteiger partial charge on any atom is 0.271 e. The van der Waals surface area contributed by atoms with Gasteiger partial charge in [-0.15, -0.1) is 0 Å². The van der Waals surface area contributed by atoms with Crippen molar-refractivity contribution >= 4 is 20.9 Å². The molecule has 4 rings (SSSR count). The molecule has 0 saturated carbocycles. The third-order valence-corrected chi connectivity index (χ3v) is 6.86. The predicted molar refractivity (Wildman–Crippen MR) is 102 cm³/mol. The van der Waals surface area contributed by atoms with Crippen molar-refractivity contribution in [3.05, 3.63) is 60.3 Å². The van der Waals surface area contributed by atoms with Crippen LogP contribution in [0.3, 0.4) is 0 Å². The van der Waals surface area contributed by atoms with E-state index in [0.717, 1.165) is 30.5 Å². The second kappa shape index (κ2) is 6.45. The Bertz CT molecular complexity index is 1060. The lowest BCUT2D eigenvalue weighted by molar-refractivity contribution is 0.402. The molecule has 26 heavy (non-hydrogen) atoms. The van der Waals surface area contributed by atoms with Gasteiger partial charge >= 0.3 is 0 Å². The van der Waals surface area contributed by atoms with E-state index in [1.165, 1.54) is 11.1 Å². The molecule has 0 amide bonds. The van der Waals surface area contributed by atoms with Crippen molar-refractivity contribution in [2.75, 3.05) is 27.2 Å². The van der Waals surface area contributed by atoms with Gasteiger partial charge in [-0.05, 0) is 49.7 Å². The van der Waals surface area contributed by atoms with E-state index in [1.807, 2.05) is 24.3 Å². The molecule has 1 fully saturated rings. The van der Waals surface area contributed by atoms with Crippen molar-refractivity contribution in [3.8, 4) is 5.75 Å². The number of likely N-dealkylation sites (tertiary alicyclic amines) is 1. The van der Waals surface area contributed by atoms with Gasteiger partial charge in [-0.25, -0.2) is 12.4 Å². The molecule has 5 nitrogen and oxygen atoms in total. The zero-order valence-corrected chi connectivity index (χ0v) is 15.7. The van der Waals surface area contributed by atoms with Crippen LogP contribution in [-0.2, 0) is 10.0 Å². The molecule has 2 heterocycles. The molecule has 0 aliphatic carbocycles. The number of methoxy groups -OCH3 is 1. The average Bonchev–Trinajstić information content (AvgIpc) is 3.25. The lowest BCUT2D eigenvalue weighted by Crippen LogP contribution is -2.14. The van der Waals surface area contributed by atoms with Gasteiger partial charge in [0.2, 0.25) is 0 Å². The van der Waals surface area contributed by atoms with Crippen LogP contribution in [0.1, 0.15) is 17.9 Å². The van der Waals surface area contributed by atoms with E-state index < -0.39 is 10.0 Å². The third-order valence-electron chi connectivity index (χ3n) is 5.15. The first-order chi connectivity index (χ1) is 12.5. The first-order valence-corrected chi connectivity index (χ1v) is 10.1. The molecular weight excluding hydrogens is 348 g/mol. The first-order valence-electron chi connectivity index (χ1n) is 8.69. The summed E-state index contributed by atoms with van der Waals surface area (Å²) < 4.78 is 33.5. The molecule has 1 aliphatic rings. The minimum absolute atomic E-state index is 0.179. The average molecular weight is 370 g/mol. The van der Waals surface area contributed by atoms with E-state index in [9.17, 15) is 8.42 Å². The number of ether oxygens (including phenoxy) is 1. The standard InChI is InChI=1S/C20H22N2O3S/c1-21-12-11-15(13-21)17-14-22(18-8-4-3-7-16(17)18)26(23,24)20-10-6-5-9-19(20)25-2/h3-10,14-15H,11-13H2,1-2H3. The van der Waals surface area contributed by atoms with Gasteiger partial charge in [0, 0.05) is 18.1 Å². The minimum atomic E-state index is -3.75. The Morgan fingerprint density at radius 1 is 1.08 bits per heavy atom. The molecule has 136 valence electrons. The molecule has 0 radical (unpaired) electrons. The predicted octanol–water partition coefficient (Wildman–Crippen LogP) is 3.31. The van der Waals surface area contributed by atoms with Crippen molar-refractivity contribution in [2.24, 2.45) is 0 Å². The van der Waals surface area contributed by atoms with Crippen LogP contribution >= 0.6 is 0 Å². The molecule has 1 unspecified atom stereocenters. The van der Waals surface area contributed by atoms with Crippen LogP contribution in [0, 0.1) is 0 Å². The highest BCUT2D eigenvalue weighted by molar-refractivity contribution is 7.90. The zero-order valence-electron chi connectivity index (χ0n) is 14.9. The van der Waals surface area contributed by atoms with Gasteiger partial charge in [0.05, 0.1) is 12.6 Å². The quantitative estimate of drug-likeness (QED) is 0.707. The van der Waals surface area contributed by atoms with Crippen LogP contribution in [0.25, 0.3) is 10.9 Å². The van der Waals surface area contributed by atoms with Crippen LogP contribution in [0.15, 0.2) is 59.6 Å². The highest BCUT2D eigenvalue weighted by atomic mass is 32.2. The van der Waals surface area contributed by atoms with Crippen LogP contribution in [-0.4, -0.2) is 44.5 Å². The van der Waals surface area contributed by atoms with Crippen molar-refractivity contribution in [3.63, 3.8) is 0 Å². The SMILES string of the molecule is COc1ccccc1S(=O)(=O)n1cc(C2CCN(C)C2)c2ccccc21. The molecule has 2 aromatic carbocycles. The monoisotopic (exact) mass is 370 g/mol. The zero-order chi connectivity index (χ0) is 18.3. The number of nitrogens with zero attached hydrogens (tertiary/aromatic N) is 2. The van der Waals surface area contributed by atoms with Crippen molar-refractivity contribution in [2.45, 2.75) is 17.2 Å². The number of likely N-dealkylation sites (N-methyl/N-ethyl adjacent to an activating group) is 1. The normalized spacial score (nSPS) is 18.5. The fourth-order valence-corrected chi connectivity index (χ4v) is 5.36. The van der Waals surface area contributed by atoms with Gasteiger partial charge in [0.15, 0.2) is 0 Å². The van der Waals surface area contributed by atoms with Gasteiger partial charge in [0.1, 0.15) is 10.6 Å². The van der Waals surface area contributed by atoms with E-state index in [4.69, 9.17) is 4.74 Å². The Balaban J connectivity index is 1.92. The van der Waals surface area contributed by atoms with Crippen LogP contribution in [0.2, 0.25) is 0 Å². The largest absolute Gasteiger partial charge is 0.495 e. The summed E-state index contributed by atoms with van der Waals surface area (Å²) in [5.74, 6) is 0.700. The summed E-state index contributed by atoms with van der Waals surface area (Å²) in [6.07, 6.45) is 2.84. The number of fused-ring (bicyclic) bond motifs is 1. The molecule has 1 aromatic heterocycles. The summed E-state index contributed by atoms with van der Waals surface area (Å²) in [5, 5.41) is 1.01. The van der Waals surface area contributed by atoms with Crippen LogP contribution < -0.4 is 4.74 Å². The van der Waals surface area contributed by atoms with Gasteiger partial charge in [-0.2, -0.15) is 0 Å². The summed E-state index contributed by atoms with van der Waals surface area (Å²) in [6.45, 7) is 1.98. The topological polar surface area (TPSA) is 51.5 Å². The summed E-state index contributed by atoms with van der Waals surface area (Å²) >= 11 is 0. The highest BCUT2D eigenvalue weighted by Gasteiger charge is 2.29. The Morgan fingerprint density at radius 2 is 1.81 bits per heavy atom. The number of para-hydroxylation sites is 2. The maximum atomic E-state index is 13.4. The lowest BCUT2D eigenvalue weighted by Gasteiger charge is -2.11. The molecule has 6 heteroatoms. The van der Waals surface area contributed by atoms with Crippen LogP contribution in [0.4, 0.5) is 0 Å². The summed E-state index contributed by atoms with van der Waals surface area (Å²) in [4.78, 5) is 2.46. The van der Waals surface area contributed by atoms with E-state index >= 15 is 0 Å². The second-order valence-electron chi connectivity index (χ2n) is 6.80. The van der Waals surface area contributed by atoms with E-state index in [2.05, 4.69) is 11.9 Å². The molecule has 0 spiro atoms. The smallest absolute Gasteiger partial charge is 0.271 e. The van der Waals surface area contributed by atoms with E-state index in [1.54, 1.807) is 30.5 Å². The number of benzene rings is 2. The fraction of sp³-hybridized carbons (Fsp3) is 0.300. The van der Waals surface area contributed by atoms with Gasteiger partial charge in [-0.3, -0.25) is 0 Å². The summed E-state index contributed by atoms with van der Waals surface area (Å²) in [5.41, 5.74) is 1.81. The summed E-state index contributed by atoms with van der Waals surface area (Å²) in [6, 6.07) is 14.5. The molecular formula is C20H22N2O3S. The number of hydrogen-bond acceptors (Lipinski definition) is 4. The first kappa shape index (κ1) is 17.1.